The highest BCUT2D eigenvalue weighted by Gasteiger charge is 2.20. The van der Waals surface area contributed by atoms with E-state index < -0.39 is 0 Å². The zero-order valence-electron chi connectivity index (χ0n) is 26.4. The van der Waals surface area contributed by atoms with Crippen LogP contribution in [0.3, 0.4) is 0 Å². The van der Waals surface area contributed by atoms with E-state index >= 15 is 0 Å². The molecule has 2 aromatic heterocycles. The minimum Gasteiger partial charge on any atom is -0.497 e. The second-order valence-corrected chi connectivity index (χ2v) is 11.6. The van der Waals surface area contributed by atoms with Crippen molar-refractivity contribution >= 4 is 27.5 Å². The molecule has 9 heteroatoms. The molecule has 1 fully saturated rings. The Morgan fingerprint density at radius 3 is 1.91 bits per heavy atom. The van der Waals surface area contributed by atoms with E-state index in [0.29, 0.717) is 13.2 Å². The average molecular weight is 612 g/mol. The number of nitrogens with one attached hydrogen (secondary N) is 2. The molecule has 0 unspecified atom stereocenters. The van der Waals surface area contributed by atoms with Crippen LogP contribution in [0, 0.1) is 0 Å². The molecule has 45 heavy (non-hydrogen) atoms. The summed E-state index contributed by atoms with van der Waals surface area (Å²) in [7, 11) is 3.39. The molecular formula is C36H45N5O4. The van der Waals surface area contributed by atoms with E-state index in [1.807, 2.05) is 24.3 Å². The van der Waals surface area contributed by atoms with Gasteiger partial charge in [-0.2, -0.15) is 0 Å². The summed E-state index contributed by atoms with van der Waals surface area (Å²) < 4.78 is 21.9. The predicted molar refractivity (Wildman–Crippen MR) is 181 cm³/mol. The lowest BCUT2D eigenvalue weighted by Crippen LogP contribution is -2.46. The summed E-state index contributed by atoms with van der Waals surface area (Å²) in [5, 5.41) is 2.57. The van der Waals surface area contributed by atoms with Gasteiger partial charge in [-0.3, -0.25) is 4.90 Å². The highest BCUT2D eigenvalue weighted by atomic mass is 16.6. The highest BCUT2D eigenvalue weighted by Crippen LogP contribution is 2.34. The summed E-state index contributed by atoms with van der Waals surface area (Å²) in [6, 6.07) is 18.7. The van der Waals surface area contributed by atoms with Crippen molar-refractivity contribution in [3.8, 4) is 23.0 Å². The van der Waals surface area contributed by atoms with Crippen LogP contribution in [0.4, 0.5) is 5.69 Å². The zero-order chi connectivity index (χ0) is 31.0. The van der Waals surface area contributed by atoms with Gasteiger partial charge in [0.2, 0.25) is 0 Å². The normalized spacial score (nSPS) is 14.8. The smallest absolute Gasteiger partial charge is 0.163 e. The fourth-order valence-corrected chi connectivity index (χ4v) is 6.24. The fourth-order valence-electron chi connectivity index (χ4n) is 6.24. The number of ether oxygens (including phenoxy) is 4. The van der Waals surface area contributed by atoms with Crippen molar-refractivity contribution in [2.45, 2.75) is 25.7 Å². The molecule has 7 rings (SSSR count). The van der Waals surface area contributed by atoms with Crippen LogP contribution in [0.25, 0.3) is 21.8 Å². The molecule has 0 radical (unpaired) electrons. The molecule has 4 heterocycles. The standard InChI is InChI=1S/C24H29N3O3.C12H16N2O/c1-28-20-5-6-21-18(17-25-22(21)16-20)3-2-8-26-9-11-27(12-10-26)19-4-7-23-24(15-19)30-14-13-29-23;1-15-10-4-5-11-9(3-2-6-13)8-14-12(11)7-10/h4-7,15-17,25H,2-3,8-14H2,1H3;4-5,7-8,14H,2-3,6,13H2,1H3. The second-order valence-electron chi connectivity index (χ2n) is 11.6. The van der Waals surface area contributed by atoms with Crippen molar-refractivity contribution in [3.05, 3.63) is 78.1 Å². The van der Waals surface area contributed by atoms with E-state index in [4.69, 9.17) is 24.7 Å². The van der Waals surface area contributed by atoms with Gasteiger partial charge in [-0.1, -0.05) is 0 Å². The number of aryl methyl sites for hydroxylation is 2. The molecule has 3 aromatic carbocycles. The average Bonchev–Trinajstić information content (AvgIpc) is 3.70. The third-order valence-electron chi connectivity index (χ3n) is 8.78. The summed E-state index contributed by atoms with van der Waals surface area (Å²) in [6.45, 7) is 7.44. The highest BCUT2D eigenvalue weighted by molar-refractivity contribution is 5.85. The van der Waals surface area contributed by atoms with Crippen LogP contribution >= 0.6 is 0 Å². The molecule has 0 amide bonds. The van der Waals surface area contributed by atoms with Gasteiger partial charge in [0, 0.05) is 84.3 Å². The first-order valence-electron chi connectivity index (χ1n) is 16.0. The van der Waals surface area contributed by atoms with Crippen LogP contribution in [-0.4, -0.2) is 81.6 Å². The van der Waals surface area contributed by atoms with Crippen LogP contribution in [0.5, 0.6) is 23.0 Å². The lowest BCUT2D eigenvalue weighted by atomic mass is 10.1. The Balaban J connectivity index is 0.000000200. The number of fused-ring (bicyclic) bond motifs is 3. The van der Waals surface area contributed by atoms with Gasteiger partial charge in [0.25, 0.3) is 0 Å². The Bertz CT molecular complexity index is 1690. The molecule has 4 N–H and O–H groups in total. The van der Waals surface area contributed by atoms with Gasteiger partial charge in [-0.25, -0.2) is 0 Å². The van der Waals surface area contributed by atoms with Crippen molar-refractivity contribution in [3.63, 3.8) is 0 Å². The summed E-state index contributed by atoms with van der Waals surface area (Å²) in [5.41, 5.74) is 11.7. The van der Waals surface area contributed by atoms with Crippen LogP contribution in [0.1, 0.15) is 24.0 Å². The van der Waals surface area contributed by atoms with Crippen molar-refractivity contribution in [2.75, 3.05) is 71.6 Å². The SMILES string of the molecule is COc1ccc2c(CCCN)c[nH]c2c1.COc1ccc2c(CCCN3CCN(c4ccc5c(c4)OCCO5)CC3)c[nH]c2c1. The number of rotatable bonds is 10. The molecule has 1 saturated heterocycles. The number of nitrogens with zero attached hydrogens (tertiary/aromatic N) is 2. The van der Waals surface area contributed by atoms with Gasteiger partial charge < -0.3 is 39.5 Å². The molecular weight excluding hydrogens is 566 g/mol. The quantitative estimate of drug-likeness (QED) is 0.184. The van der Waals surface area contributed by atoms with E-state index in [-0.39, 0.29) is 0 Å². The molecule has 0 aliphatic carbocycles. The monoisotopic (exact) mass is 611 g/mol. The van der Waals surface area contributed by atoms with Gasteiger partial charge in [-0.15, -0.1) is 0 Å². The summed E-state index contributed by atoms with van der Waals surface area (Å²) in [6.07, 6.45) is 8.52. The Labute approximate surface area is 265 Å². The Hall–Kier alpha value is -4.34. The molecule has 0 bridgehead atoms. The predicted octanol–water partition coefficient (Wildman–Crippen LogP) is 5.77. The number of hydrogen-bond acceptors (Lipinski definition) is 7. The van der Waals surface area contributed by atoms with Crippen molar-refractivity contribution in [2.24, 2.45) is 5.73 Å². The number of H-pyrrole nitrogens is 2. The number of aromatic amines is 2. The summed E-state index contributed by atoms with van der Waals surface area (Å²) >= 11 is 0. The van der Waals surface area contributed by atoms with E-state index in [9.17, 15) is 0 Å². The lowest BCUT2D eigenvalue weighted by Gasteiger charge is -2.36. The van der Waals surface area contributed by atoms with Crippen LogP contribution in [0.15, 0.2) is 67.0 Å². The van der Waals surface area contributed by atoms with E-state index in [2.05, 4.69) is 62.5 Å². The molecule has 0 atom stereocenters. The third kappa shape index (κ3) is 7.32. The number of methoxy groups -OCH3 is 2. The molecule has 0 saturated carbocycles. The third-order valence-corrected chi connectivity index (χ3v) is 8.78. The first-order valence-corrected chi connectivity index (χ1v) is 16.0. The largest absolute Gasteiger partial charge is 0.497 e. The fraction of sp³-hybridized carbons (Fsp3) is 0.389. The first-order chi connectivity index (χ1) is 22.1. The van der Waals surface area contributed by atoms with E-state index in [0.717, 1.165) is 92.6 Å². The minimum absolute atomic E-state index is 0.633. The maximum absolute atomic E-state index is 5.74. The Kier molecular flexibility index (Phi) is 9.97. The zero-order valence-corrected chi connectivity index (χ0v) is 26.4. The number of aromatic nitrogens is 2. The molecule has 2 aliphatic rings. The van der Waals surface area contributed by atoms with Gasteiger partial charge in [0.05, 0.1) is 14.2 Å². The topological polar surface area (TPSA) is 101 Å². The number of piperazine rings is 1. The number of nitrogens with two attached hydrogens (primary N) is 1. The summed E-state index contributed by atoms with van der Waals surface area (Å²) in [5.74, 6) is 3.51. The van der Waals surface area contributed by atoms with Crippen LogP contribution < -0.4 is 29.6 Å². The molecule has 2 aliphatic heterocycles. The van der Waals surface area contributed by atoms with Gasteiger partial charge in [0.1, 0.15) is 24.7 Å². The Morgan fingerprint density at radius 2 is 1.31 bits per heavy atom. The van der Waals surface area contributed by atoms with Crippen molar-refractivity contribution in [1.82, 2.24) is 14.9 Å². The number of hydrogen-bond donors (Lipinski definition) is 3. The summed E-state index contributed by atoms with van der Waals surface area (Å²) in [4.78, 5) is 11.7. The van der Waals surface area contributed by atoms with Crippen LogP contribution in [0.2, 0.25) is 0 Å². The van der Waals surface area contributed by atoms with E-state index in [1.54, 1.807) is 14.2 Å². The molecule has 5 aromatic rings. The molecule has 9 nitrogen and oxygen atoms in total. The maximum atomic E-state index is 5.74. The second kappa shape index (κ2) is 14.6. The first kappa shape index (κ1) is 30.7. The number of benzene rings is 3. The van der Waals surface area contributed by atoms with Gasteiger partial charge >= 0.3 is 0 Å². The maximum Gasteiger partial charge on any atom is 0.163 e. The van der Waals surface area contributed by atoms with Gasteiger partial charge in [0.15, 0.2) is 11.5 Å². The molecule has 0 spiro atoms. The van der Waals surface area contributed by atoms with Crippen LogP contribution in [-0.2, 0) is 12.8 Å². The number of anilines is 1. The Morgan fingerprint density at radius 1 is 0.711 bits per heavy atom. The lowest BCUT2D eigenvalue weighted by molar-refractivity contribution is 0.171. The minimum atomic E-state index is 0.633. The van der Waals surface area contributed by atoms with Crippen molar-refractivity contribution < 1.29 is 18.9 Å². The van der Waals surface area contributed by atoms with Gasteiger partial charge in [-0.05, 0) is 86.3 Å². The van der Waals surface area contributed by atoms with E-state index in [1.165, 1.54) is 34.0 Å². The molecule has 238 valence electrons. The van der Waals surface area contributed by atoms with Crippen molar-refractivity contribution in [1.29, 1.82) is 0 Å².